The molecule has 0 saturated carbocycles. The highest BCUT2D eigenvalue weighted by molar-refractivity contribution is 5.90. The molecule has 0 spiro atoms. The van der Waals surface area contributed by atoms with Gasteiger partial charge in [-0.3, -0.25) is 9.78 Å². The predicted octanol–water partition coefficient (Wildman–Crippen LogP) is 7.61. The molecule has 0 atom stereocenters. The van der Waals surface area contributed by atoms with Gasteiger partial charge in [-0.25, -0.2) is 24.0 Å². The number of rotatable bonds is 57. The highest BCUT2D eigenvalue weighted by Crippen LogP contribution is 2.37. The van der Waals surface area contributed by atoms with Crippen molar-refractivity contribution in [3.8, 4) is 23.0 Å². The smallest absolute Gasteiger partial charge is 0.365 e. The normalized spacial score (nSPS) is 10.7. The lowest BCUT2D eigenvalue weighted by Crippen LogP contribution is -2.15. The van der Waals surface area contributed by atoms with Gasteiger partial charge in [0, 0.05) is 41.5 Å². The van der Waals surface area contributed by atoms with E-state index in [4.69, 9.17) is 81.4 Å². The van der Waals surface area contributed by atoms with Crippen LogP contribution in [0.2, 0.25) is 0 Å². The summed E-state index contributed by atoms with van der Waals surface area (Å²) < 4.78 is 63.2. The fraction of sp³-hybridized carbons (Fsp3) is 0.364. The number of hydrogen-bond acceptors (Lipinski definition) is 28. The van der Waals surface area contributed by atoms with Gasteiger partial charge in [-0.15, -0.1) is 0 Å². The van der Waals surface area contributed by atoms with Crippen LogP contribution in [0.1, 0.15) is 33.4 Å². The van der Waals surface area contributed by atoms with Crippen LogP contribution < -0.4 is 18.9 Å². The van der Waals surface area contributed by atoms with Crippen LogP contribution in [0.3, 0.4) is 0 Å². The third-order valence-electron chi connectivity index (χ3n) is 11.3. The van der Waals surface area contributed by atoms with E-state index in [1.165, 1.54) is 42.5 Å². The second-order valence-corrected chi connectivity index (χ2v) is 17.7. The summed E-state index contributed by atoms with van der Waals surface area (Å²) in [5.74, 6) is -2.75. The first-order chi connectivity index (χ1) is 46.1. The number of hydrogen-bond donors (Lipinski definition) is 0. The Kier molecular flexibility index (Phi) is 44.8. The Morgan fingerprint density at radius 3 is 1.29 bits per heavy atom. The van der Waals surface area contributed by atoms with Crippen LogP contribution in [0.4, 0.5) is 0 Å². The summed E-state index contributed by atoms with van der Waals surface area (Å²) in [6.45, 7) is 22.1. The average molecular weight is 1320 g/mol. The van der Waals surface area contributed by atoms with E-state index in [-0.39, 0.29) is 149 Å². The van der Waals surface area contributed by atoms with E-state index < -0.39 is 29.8 Å². The van der Waals surface area contributed by atoms with Crippen LogP contribution in [0.25, 0.3) is 12.2 Å². The first kappa shape index (κ1) is 79.0. The van der Waals surface area contributed by atoms with Crippen molar-refractivity contribution in [2.45, 2.75) is 25.7 Å². The molecule has 0 bridgehead atoms. The van der Waals surface area contributed by atoms with Gasteiger partial charge in [0.15, 0.2) is 30.3 Å². The van der Waals surface area contributed by atoms with Crippen molar-refractivity contribution >= 4 is 42.0 Å². The third-order valence-corrected chi connectivity index (χ3v) is 11.3. The molecule has 0 heterocycles. The zero-order chi connectivity index (χ0) is 67.7. The van der Waals surface area contributed by atoms with E-state index >= 15 is 0 Å². The van der Waals surface area contributed by atoms with Crippen molar-refractivity contribution in [3.63, 3.8) is 0 Å². The van der Waals surface area contributed by atoms with E-state index in [0.717, 1.165) is 53.7 Å². The maximum Gasteiger partial charge on any atom is 0.365 e. The van der Waals surface area contributed by atoms with Gasteiger partial charge >= 0.3 is 29.8 Å². The van der Waals surface area contributed by atoms with Crippen molar-refractivity contribution in [2.75, 3.05) is 132 Å². The maximum absolute atomic E-state index is 13.4. The van der Waals surface area contributed by atoms with Crippen molar-refractivity contribution in [1.29, 1.82) is 0 Å². The summed E-state index contributed by atoms with van der Waals surface area (Å²) in [7, 11) is 0. The zero-order valence-corrected chi connectivity index (χ0v) is 52.0. The summed E-state index contributed by atoms with van der Waals surface area (Å²) >= 11 is 0. The zero-order valence-electron chi connectivity index (χ0n) is 52.0. The molecule has 0 radical (unpaired) electrons. The molecular formula is C66H78O28. The average Bonchev–Trinajstić information content (AvgIpc) is 0.901. The first-order valence-electron chi connectivity index (χ1n) is 28.9. The molecular weight excluding hydrogens is 1240 g/mol. The summed E-state index contributed by atoms with van der Waals surface area (Å²) in [4.78, 5) is 109. The largest absolute Gasteiger partial charge is 0.487 e. The van der Waals surface area contributed by atoms with E-state index in [0.29, 0.717) is 48.1 Å². The Balaban J connectivity index is 1.83. The van der Waals surface area contributed by atoms with Crippen molar-refractivity contribution in [1.82, 2.24) is 0 Å². The molecule has 0 aromatic heterocycles. The van der Waals surface area contributed by atoms with Gasteiger partial charge in [-0.05, 0) is 94.4 Å². The predicted molar refractivity (Wildman–Crippen MR) is 329 cm³/mol. The lowest BCUT2D eigenvalue weighted by Gasteiger charge is -2.19. The minimum atomic E-state index is -0.769. The molecule has 0 aliphatic heterocycles. The molecule has 0 amide bonds. The van der Waals surface area contributed by atoms with Crippen LogP contribution >= 0.6 is 0 Å². The monoisotopic (exact) mass is 1320 g/mol. The summed E-state index contributed by atoms with van der Waals surface area (Å²) in [5.41, 5.74) is 11.5. The molecule has 0 unspecified atom stereocenters. The quantitative estimate of drug-likeness (QED) is 0.00767. The molecule has 0 aliphatic carbocycles. The van der Waals surface area contributed by atoms with Gasteiger partial charge in [0.2, 0.25) is 0 Å². The van der Waals surface area contributed by atoms with Gasteiger partial charge in [-0.2, -0.15) is 24.4 Å². The Morgan fingerprint density at radius 1 is 0.362 bits per heavy atom. The van der Waals surface area contributed by atoms with Gasteiger partial charge in [0.05, 0.1) is 79.3 Å². The molecule has 0 N–H and O–H groups in total. The molecule has 3 rings (SSSR count). The van der Waals surface area contributed by atoms with Gasteiger partial charge in [0.1, 0.15) is 64.4 Å². The van der Waals surface area contributed by atoms with E-state index in [2.05, 4.69) is 86.3 Å². The molecule has 28 heteroatoms. The van der Waals surface area contributed by atoms with Crippen LogP contribution in [0, 0.1) is 0 Å². The standard InChI is InChI=1S/C66H78O28/c1-7-29-81-82-47-39-77-38-46-80-66-55(26-33-73-42-50-87-93-85-30-8-2)16-15-54(65(66)79-45-37-76-36-44-78-60(67)10-4)18-24-64(71)90-57-21-19-56(20-22-57)89-63(70)23-17-52-13-14-53(25-32-72-40-48-83-91-61(68)11-5)59(28-35-74-41-49-84-92-62(69)12-6)58(52)27-34-75-43-51-88-94-86-31-9-3/h10-24,29-31H,1-6,25-28,32-51H2/b23-17+,24-18+. The lowest BCUT2D eigenvalue weighted by molar-refractivity contribution is -0.491. The van der Waals surface area contributed by atoms with Crippen molar-refractivity contribution in [2.24, 2.45) is 0 Å². The molecule has 3 aromatic carbocycles. The van der Waals surface area contributed by atoms with Gasteiger partial charge < -0.3 is 66.8 Å². The fourth-order valence-corrected chi connectivity index (χ4v) is 7.27. The van der Waals surface area contributed by atoms with Crippen LogP contribution in [-0.4, -0.2) is 162 Å². The molecule has 94 heavy (non-hydrogen) atoms. The highest BCUT2D eigenvalue weighted by Gasteiger charge is 2.19. The maximum atomic E-state index is 13.4. The number of carbonyl (C=O) groups is 5. The van der Waals surface area contributed by atoms with Crippen LogP contribution in [-0.2, 0) is 142 Å². The number of benzene rings is 3. The third kappa shape index (κ3) is 37.3. The second kappa shape index (κ2) is 53.3. The molecule has 0 fully saturated rings. The van der Waals surface area contributed by atoms with Crippen LogP contribution in [0.5, 0.6) is 23.0 Å². The first-order valence-corrected chi connectivity index (χ1v) is 28.9. The molecule has 510 valence electrons. The second-order valence-electron chi connectivity index (χ2n) is 17.7. The molecule has 0 saturated heterocycles. The Hall–Kier alpha value is -9.25. The molecule has 3 aromatic rings. The summed E-state index contributed by atoms with van der Waals surface area (Å²) in [6, 6.07) is 13.0. The van der Waals surface area contributed by atoms with E-state index in [1.807, 2.05) is 12.1 Å². The summed E-state index contributed by atoms with van der Waals surface area (Å²) in [5, 5.41) is 9.05. The number of esters is 3. The van der Waals surface area contributed by atoms with E-state index in [1.54, 1.807) is 18.2 Å². The Bertz CT molecular complexity index is 2950. The van der Waals surface area contributed by atoms with E-state index in [9.17, 15) is 24.0 Å². The summed E-state index contributed by atoms with van der Waals surface area (Å²) in [6.07, 6.45) is 13.3. The van der Waals surface area contributed by atoms with Crippen LogP contribution in [0.15, 0.2) is 154 Å². The Labute approximate surface area is 543 Å². The molecule has 28 nitrogen and oxygen atoms in total. The van der Waals surface area contributed by atoms with Crippen molar-refractivity contribution in [3.05, 3.63) is 188 Å². The minimum absolute atomic E-state index is 0.00537. The fourth-order valence-electron chi connectivity index (χ4n) is 7.27. The Morgan fingerprint density at radius 2 is 0.766 bits per heavy atom. The molecule has 0 aliphatic rings. The van der Waals surface area contributed by atoms with Gasteiger partial charge in [0.25, 0.3) is 0 Å². The number of carbonyl (C=O) groups excluding carboxylic acids is 5. The number of ether oxygens (including phenoxy) is 11. The lowest BCUT2D eigenvalue weighted by atomic mass is 9.90. The SMILES string of the molecule is C=C=COOCCOCCOc1c(CCOCCOOOC=C=C)ccc(/C=C/C(=O)Oc2ccc(OC(=O)/C=C/c3ccc(CCOCCOOC(=O)C=C)c(CCOCCOOC(=O)C=C)c3CCOCCOOOC=C=C)cc2)c1OCCOCCOC(=O)C=C. The van der Waals surface area contributed by atoms with Crippen molar-refractivity contribution < 1.29 is 135 Å². The topological polar surface area (TPSA) is 298 Å². The highest BCUT2D eigenvalue weighted by atomic mass is 17.5. The van der Waals surface area contributed by atoms with Gasteiger partial charge in [-0.1, -0.05) is 80.9 Å². The minimum Gasteiger partial charge on any atom is -0.487 e.